The highest BCUT2D eigenvalue weighted by molar-refractivity contribution is 7.89. The van der Waals surface area contributed by atoms with Crippen LogP contribution in [0.1, 0.15) is 40.7 Å². The maximum Gasteiger partial charge on any atom is 0.258 e. The molecule has 0 aliphatic carbocycles. The maximum atomic E-state index is 13.4. The second-order valence-corrected chi connectivity index (χ2v) is 10.2. The van der Waals surface area contributed by atoms with E-state index in [9.17, 15) is 17.6 Å². The van der Waals surface area contributed by atoms with E-state index < -0.39 is 15.8 Å². The molecular weight excluding hydrogens is 443 g/mol. The van der Waals surface area contributed by atoms with Gasteiger partial charge in [0.15, 0.2) is 0 Å². The first kappa shape index (κ1) is 23.1. The summed E-state index contributed by atoms with van der Waals surface area (Å²) >= 11 is 0. The van der Waals surface area contributed by atoms with E-state index in [1.54, 1.807) is 9.58 Å². The van der Waals surface area contributed by atoms with Crippen LogP contribution >= 0.6 is 0 Å². The van der Waals surface area contributed by atoms with Gasteiger partial charge in [-0.3, -0.25) is 9.48 Å². The first-order valence-electron chi connectivity index (χ1n) is 10.9. The number of benzene rings is 2. The van der Waals surface area contributed by atoms with E-state index in [-0.39, 0.29) is 24.7 Å². The fourth-order valence-electron chi connectivity index (χ4n) is 4.18. The summed E-state index contributed by atoms with van der Waals surface area (Å²) in [6.07, 6.45) is 1.12. The fraction of sp³-hybridized carbons (Fsp3) is 0.333. The molecule has 2 aromatic carbocycles. The van der Waals surface area contributed by atoms with Crippen LogP contribution in [0.4, 0.5) is 10.1 Å². The number of hydrogen-bond acceptors (Lipinski definition) is 4. The summed E-state index contributed by atoms with van der Waals surface area (Å²) in [6, 6.07) is 14.6. The Balaban J connectivity index is 1.69. The monoisotopic (exact) mass is 470 g/mol. The SMILES string of the molecule is CCCS(=O)(=O)N1CCc2c(c(CN(C(=O)c3ccc(F)cc3)c3ccccc3)nn2C)C1. The Kier molecular flexibility index (Phi) is 6.62. The molecule has 3 aromatic rings. The minimum atomic E-state index is -3.35. The molecule has 1 aliphatic heterocycles. The molecule has 4 rings (SSSR count). The minimum Gasteiger partial charge on any atom is -0.302 e. The van der Waals surface area contributed by atoms with Gasteiger partial charge in [0.1, 0.15) is 5.82 Å². The van der Waals surface area contributed by atoms with E-state index >= 15 is 0 Å². The van der Waals surface area contributed by atoms with Crippen molar-refractivity contribution in [3.05, 3.63) is 82.9 Å². The van der Waals surface area contributed by atoms with Crippen molar-refractivity contribution < 1.29 is 17.6 Å². The predicted octanol–water partition coefficient (Wildman–Crippen LogP) is 3.50. The van der Waals surface area contributed by atoms with E-state index in [0.29, 0.717) is 36.3 Å². The predicted molar refractivity (Wildman–Crippen MR) is 125 cm³/mol. The van der Waals surface area contributed by atoms with Crippen molar-refractivity contribution >= 4 is 21.6 Å². The van der Waals surface area contributed by atoms with Crippen LogP contribution in [0.3, 0.4) is 0 Å². The van der Waals surface area contributed by atoms with Gasteiger partial charge in [-0.1, -0.05) is 25.1 Å². The molecule has 33 heavy (non-hydrogen) atoms. The second-order valence-electron chi connectivity index (χ2n) is 8.13. The van der Waals surface area contributed by atoms with Crippen molar-refractivity contribution in [1.29, 1.82) is 0 Å². The zero-order valence-corrected chi connectivity index (χ0v) is 19.6. The number of aromatic nitrogens is 2. The lowest BCUT2D eigenvalue weighted by atomic mass is 10.1. The molecule has 1 aliphatic rings. The summed E-state index contributed by atoms with van der Waals surface area (Å²) in [5.74, 6) is -0.589. The van der Waals surface area contributed by atoms with Gasteiger partial charge in [0.2, 0.25) is 10.0 Å². The molecule has 7 nitrogen and oxygen atoms in total. The lowest BCUT2D eigenvalue weighted by Crippen LogP contribution is -2.38. The highest BCUT2D eigenvalue weighted by atomic mass is 32.2. The molecule has 1 aromatic heterocycles. The number of hydrogen-bond donors (Lipinski definition) is 0. The number of nitrogens with zero attached hydrogens (tertiary/aromatic N) is 4. The molecular formula is C24H27FN4O3S. The van der Waals surface area contributed by atoms with E-state index in [0.717, 1.165) is 11.3 Å². The van der Waals surface area contributed by atoms with Crippen molar-refractivity contribution in [1.82, 2.24) is 14.1 Å². The van der Waals surface area contributed by atoms with Gasteiger partial charge in [0, 0.05) is 49.1 Å². The van der Waals surface area contributed by atoms with Crippen molar-refractivity contribution in [2.45, 2.75) is 32.9 Å². The van der Waals surface area contributed by atoms with E-state index in [2.05, 4.69) is 5.10 Å². The normalized spacial score (nSPS) is 14.2. The Labute approximate surface area is 193 Å². The Hall–Kier alpha value is -3.04. The van der Waals surface area contributed by atoms with Gasteiger partial charge in [-0.15, -0.1) is 0 Å². The fourth-order valence-corrected chi connectivity index (χ4v) is 5.65. The van der Waals surface area contributed by atoms with Gasteiger partial charge < -0.3 is 4.90 Å². The molecule has 0 saturated carbocycles. The third-order valence-corrected chi connectivity index (χ3v) is 7.88. The Morgan fingerprint density at radius 3 is 2.48 bits per heavy atom. The Bertz CT molecular complexity index is 1240. The lowest BCUT2D eigenvalue weighted by molar-refractivity contribution is 0.0984. The molecule has 0 bridgehead atoms. The number of carbonyl (C=O) groups excluding carboxylic acids is 1. The van der Waals surface area contributed by atoms with Crippen molar-refractivity contribution in [3.8, 4) is 0 Å². The van der Waals surface area contributed by atoms with Crippen LogP contribution in [0.5, 0.6) is 0 Å². The van der Waals surface area contributed by atoms with Crippen LogP contribution in [0.2, 0.25) is 0 Å². The van der Waals surface area contributed by atoms with Crippen molar-refractivity contribution in [2.24, 2.45) is 7.05 Å². The van der Waals surface area contributed by atoms with Crippen LogP contribution in [0.15, 0.2) is 54.6 Å². The number of rotatable bonds is 7. The van der Waals surface area contributed by atoms with Crippen molar-refractivity contribution in [3.63, 3.8) is 0 Å². The van der Waals surface area contributed by atoms with E-state index in [4.69, 9.17) is 0 Å². The van der Waals surface area contributed by atoms with Gasteiger partial charge in [-0.25, -0.2) is 12.8 Å². The first-order valence-corrected chi connectivity index (χ1v) is 12.5. The molecule has 0 saturated heterocycles. The molecule has 1 amide bonds. The van der Waals surface area contributed by atoms with Crippen LogP contribution in [0, 0.1) is 5.82 Å². The summed E-state index contributed by atoms with van der Waals surface area (Å²) in [4.78, 5) is 15.0. The highest BCUT2D eigenvalue weighted by Crippen LogP contribution is 2.27. The standard InChI is InChI=1S/C24H27FN4O3S/c1-3-15-33(31,32)28-14-13-23-21(16-28)22(26-27(23)2)17-29(20-7-5-4-6-8-20)24(30)18-9-11-19(25)12-10-18/h4-12H,3,13-17H2,1-2H3. The summed E-state index contributed by atoms with van der Waals surface area (Å²) in [7, 11) is -1.51. The lowest BCUT2D eigenvalue weighted by Gasteiger charge is -2.28. The summed E-state index contributed by atoms with van der Waals surface area (Å²) in [5, 5.41) is 4.65. The minimum absolute atomic E-state index is 0.108. The van der Waals surface area contributed by atoms with Crippen LogP contribution in [0.25, 0.3) is 0 Å². The number of carbonyl (C=O) groups is 1. The van der Waals surface area contributed by atoms with Crippen molar-refractivity contribution in [2.75, 3.05) is 17.2 Å². The summed E-state index contributed by atoms with van der Waals surface area (Å²) in [5.41, 5.74) is 3.52. The molecule has 0 spiro atoms. The molecule has 0 N–H and O–H groups in total. The number of amides is 1. The van der Waals surface area contributed by atoms with Crippen LogP contribution in [-0.2, 0) is 36.6 Å². The Morgan fingerprint density at radius 2 is 1.82 bits per heavy atom. The summed E-state index contributed by atoms with van der Waals surface area (Å²) in [6.45, 7) is 2.69. The zero-order valence-electron chi connectivity index (χ0n) is 18.7. The maximum absolute atomic E-state index is 13.4. The molecule has 0 atom stereocenters. The van der Waals surface area contributed by atoms with E-state index in [1.807, 2.05) is 44.3 Å². The quantitative estimate of drug-likeness (QED) is 0.530. The molecule has 174 valence electrons. The van der Waals surface area contributed by atoms with Crippen LogP contribution in [-0.4, -0.2) is 40.7 Å². The largest absolute Gasteiger partial charge is 0.302 e. The number of anilines is 1. The van der Waals surface area contributed by atoms with Gasteiger partial charge in [0.05, 0.1) is 18.0 Å². The topological polar surface area (TPSA) is 75.5 Å². The highest BCUT2D eigenvalue weighted by Gasteiger charge is 2.31. The number of sulfonamides is 1. The zero-order chi connectivity index (χ0) is 23.6. The number of fused-ring (bicyclic) bond motifs is 1. The molecule has 9 heteroatoms. The van der Waals surface area contributed by atoms with Gasteiger partial charge in [-0.05, 0) is 42.8 Å². The third kappa shape index (κ3) is 4.84. The average molecular weight is 471 g/mol. The van der Waals surface area contributed by atoms with Crippen LogP contribution < -0.4 is 4.90 Å². The number of halogens is 1. The van der Waals surface area contributed by atoms with Gasteiger partial charge >= 0.3 is 0 Å². The molecule has 2 heterocycles. The molecule has 0 radical (unpaired) electrons. The third-order valence-electron chi connectivity index (χ3n) is 5.86. The second kappa shape index (κ2) is 9.44. The molecule has 0 unspecified atom stereocenters. The number of para-hydroxylation sites is 1. The van der Waals surface area contributed by atoms with E-state index in [1.165, 1.54) is 28.6 Å². The molecule has 0 fully saturated rings. The average Bonchev–Trinajstić information content (AvgIpc) is 3.13. The van der Waals surface area contributed by atoms with Gasteiger partial charge in [-0.2, -0.15) is 9.40 Å². The smallest absolute Gasteiger partial charge is 0.258 e. The number of aryl methyl sites for hydroxylation is 1. The van der Waals surface area contributed by atoms with Gasteiger partial charge in [0.25, 0.3) is 5.91 Å². The first-order chi connectivity index (χ1) is 15.8. The summed E-state index contributed by atoms with van der Waals surface area (Å²) < 4.78 is 42.1. The Morgan fingerprint density at radius 1 is 1.12 bits per heavy atom.